The van der Waals surface area contributed by atoms with Crippen LogP contribution in [0, 0.1) is 0 Å². The smallest absolute Gasteiger partial charge is 0.338 e. The van der Waals surface area contributed by atoms with Crippen LogP contribution in [0.1, 0.15) is 27.6 Å². The molecule has 0 unspecified atom stereocenters. The van der Waals surface area contributed by atoms with E-state index in [1.54, 1.807) is 48.5 Å². The van der Waals surface area contributed by atoms with E-state index < -0.39 is 30.4 Å². The zero-order chi connectivity index (χ0) is 20.1. The maximum Gasteiger partial charge on any atom is 0.338 e. The fraction of sp³-hybridized carbons (Fsp3) is 0.333. The highest BCUT2D eigenvalue weighted by molar-refractivity contribution is 14.1. The summed E-state index contributed by atoms with van der Waals surface area (Å²) in [4.78, 5) is 25.2. The van der Waals surface area contributed by atoms with Crippen LogP contribution in [0.25, 0.3) is 0 Å². The fourth-order valence-electron chi connectivity index (χ4n) is 2.94. The second-order valence-electron chi connectivity index (χ2n) is 6.36. The first-order valence-corrected chi connectivity index (χ1v) is 10.1. The molecule has 2 aromatic rings. The summed E-state index contributed by atoms with van der Waals surface area (Å²) in [6, 6.07) is 17.3. The molecule has 0 spiro atoms. The van der Waals surface area contributed by atoms with Gasteiger partial charge in [0.2, 0.25) is 0 Å². The van der Waals surface area contributed by atoms with Crippen molar-refractivity contribution in [3.63, 3.8) is 0 Å². The van der Waals surface area contributed by atoms with Crippen molar-refractivity contribution in [2.24, 2.45) is 0 Å². The molecule has 1 saturated heterocycles. The number of methoxy groups -OCH3 is 1. The fourth-order valence-corrected chi connectivity index (χ4v) is 3.67. The molecule has 0 saturated carbocycles. The average molecular weight is 496 g/mol. The predicted octanol–water partition coefficient (Wildman–Crippen LogP) is 3.63. The topological polar surface area (TPSA) is 71.1 Å². The summed E-state index contributed by atoms with van der Waals surface area (Å²) in [6.07, 6.45) is -2.73. The van der Waals surface area contributed by atoms with Gasteiger partial charge in [0.25, 0.3) is 0 Å². The van der Waals surface area contributed by atoms with Crippen molar-refractivity contribution in [3.8, 4) is 0 Å². The summed E-state index contributed by atoms with van der Waals surface area (Å²) in [6.45, 7) is 1.86. The third kappa shape index (κ3) is 4.71. The van der Waals surface area contributed by atoms with Crippen molar-refractivity contribution < 1.29 is 28.5 Å². The first-order valence-electron chi connectivity index (χ1n) is 8.85. The molecule has 148 valence electrons. The molecule has 3 rings (SSSR count). The van der Waals surface area contributed by atoms with E-state index in [4.69, 9.17) is 18.9 Å². The summed E-state index contributed by atoms with van der Waals surface area (Å²) in [5.74, 6) is -1.02. The van der Waals surface area contributed by atoms with Crippen LogP contribution in [-0.4, -0.2) is 47.6 Å². The molecule has 0 amide bonds. The van der Waals surface area contributed by atoms with E-state index in [0.717, 1.165) is 0 Å². The summed E-state index contributed by atoms with van der Waals surface area (Å²) in [5.41, 5.74) is 0.821. The summed E-state index contributed by atoms with van der Waals surface area (Å²) in [5, 5.41) is 0. The highest BCUT2D eigenvalue weighted by Gasteiger charge is 2.48. The zero-order valence-electron chi connectivity index (χ0n) is 15.5. The Labute approximate surface area is 177 Å². The normalized spacial score (nSPS) is 27.0. The number of ether oxygens (including phenoxy) is 4. The Morgan fingerprint density at radius 1 is 0.857 bits per heavy atom. The first kappa shape index (κ1) is 20.8. The number of rotatable bonds is 5. The third-order valence-electron chi connectivity index (χ3n) is 4.44. The molecule has 0 N–H and O–H groups in total. The Balaban J connectivity index is 1.83. The quantitative estimate of drug-likeness (QED) is 0.358. The molecule has 1 aliphatic heterocycles. The Morgan fingerprint density at radius 2 is 1.32 bits per heavy atom. The number of carbonyl (C=O) groups is 2. The van der Waals surface area contributed by atoms with E-state index in [-0.39, 0.29) is 10.0 Å². The van der Waals surface area contributed by atoms with Gasteiger partial charge in [0.05, 0.1) is 21.2 Å². The molecule has 1 fully saturated rings. The van der Waals surface area contributed by atoms with Crippen LogP contribution in [0.2, 0.25) is 0 Å². The number of halogens is 1. The number of carbonyl (C=O) groups excluding carboxylic acids is 2. The molecular formula is C21H21IO6. The van der Waals surface area contributed by atoms with Crippen molar-refractivity contribution in [3.05, 3.63) is 71.8 Å². The van der Waals surface area contributed by atoms with Crippen LogP contribution in [0.5, 0.6) is 0 Å². The number of hydrogen-bond acceptors (Lipinski definition) is 6. The van der Waals surface area contributed by atoms with Crippen molar-refractivity contribution in [2.45, 2.75) is 35.5 Å². The molecule has 5 atom stereocenters. The van der Waals surface area contributed by atoms with E-state index in [2.05, 4.69) is 22.6 Å². The minimum Gasteiger partial charge on any atom is -0.453 e. The van der Waals surface area contributed by atoms with Crippen molar-refractivity contribution in [1.82, 2.24) is 0 Å². The van der Waals surface area contributed by atoms with Gasteiger partial charge in [-0.05, 0) is 31.2 Å². The lowest BCUT2D eigenvalue weighted by Gasteiger charge is -2.42. The van der Waals surface area contributed by atoms with Gasteiger partial charge < -0.3 is 18.9 Å². The molecule has 6 nitrogen and oxygen atoms in total. The van der Waals surface area contributed by atoms with Crippen molar-refractivity contribution in [2.75, 3.05) is 7.11 Å². The van der Waals surface area contributed by atoms with E-state index in [9.17, 15) is 9.59 Å². The Bertz CT molecular complexity index is 744. The monoisotopic (exact) mass is 496 g/mol. The molecule has 2 aromatic carbocycles. The molecule has 0 bridgehead atoms. The molecular weight excluding hydrogens is 475 g/mol. The number of benzene rings is 2. The second-order valence-corrected chi connectivity index (χ2v) is 7.80. The minimum absolute atomic E-state index is 0.231. The van der Waals surface area contributed by atoms with Crippen LogP contribution in [0.15, 0.2) is 60.7 Å². The Hall–Kier alpha value is -1.97. The highest BCUT2D eigenvalue weighted by Crippen LogP contribution is 2.32. The Kier molecular flexibility index (Phi) is 7.03. The maximum atomic E-state index is 12.6. The van der Waals surface area contributed by atoms with Crippen molar-refractivity contribution in [1.29, 1.82) is 0 Å². The van der Waals surface area contributed by atoms with Crippen LogP contribution in [0.3, 0.4) is 0 Å². The van der Waals surface area contributed by atoms with E-state index in [1.165, 1.54) is 7.11 Å². The van der Waals surface area contributed by atoms with Gasteiger partial charge in [-0.15, -0.1) is 0 Å². The van der Waals surface area contributed by atoms with Crippen LogP contribution >= 0.6 is 22.6 Å². The van der Waals surface area contributed by atoms with Gasteiger partial charge >= 0.3 is 11.9 Å². The van der Waals surface area contributed by atoms with E-state index in [1.807, 2.05) is 19.1 Å². The lowest BCUT2D eigenvalue weighted by atomic mass is 10.0. The molecule has 7 heteroatoms. The van der Waals surface area contributed by atoms with Crippen LogP contribution < -0.4 is 0 Å². The predicted molar refractivity (Wildman–Crippen MR) is 110 cm³/mol. The molecule has 1 aliphatic rings. The molecule has 0 aliphatic carbocycles. The minimum atomic E-state index is -0.900. The number of alkyl halides is 1. The van der Waals surface area contributed by atoms with Gasteiger partial charge in [-0.2, -0.15) is 0 Å². The lowest BCUT2D eigenvalue weighted by molar-refractivity contribution is -0.248. The largest absolute Gasteiger partial charge is 0.453 e. The zero-order valence-corrected chi connectivity index (χ0v) is 17.6. The van der Waals surface area contributed by atoms with Gasteiger partial charge in [0, 0.05) is 7.11 Å². The van der Waals surface area contributed by atoms with Crippen molar-refractivity contribution >= 4 is 34.5 Å². The molecule has 0 radical (unpaired) electrons. The summed E-state index contributed by atoms with van der Waals surface area (Å²) < 4.78 is 22.4. The lowest BCUT2D eigenvalue weighted by Crippen LogP contribution is -2.58. The second kappa shape index (κ2) is 9.49. The van der Waals surface area contributed by atoms with Crippen LogP contribution in [-0.2, 0) is 18.9 Å². The molecule has 28 heavy (non-hydrogen) atoms. The number of hydrogen-bond donors (Lipinski definition) is 0. The van der Waals surface area contributed by atoms with Gasteiger partial charge in [0.15, 0.2) is 18.5 Å². The maximum absolute atomic E-state index is 12.6. The summed E-state index contributed by atoms with van der Waals surface area (Å²) in [7, 11) is 1.46. The van der Waals surface area contributed by atoms with E-state index >= 15 is 0 Å². The van der Waals surface area contributed by atoms with Gasteiger partial charge in [-0.1, -0.05) is 59.0 Å². The highest BCUT2D eigenvalue weighted by atomic mass is 127. The first-order chi connectivity index (χ1) is 13.5. The van der Waals surface area contributed by atoms with Gasteiger partial charge in [-0.3, -0.25) is 0 Å². The standard InChI is InChI=1S/C21H21IO6/c1-13-16(22)17(27-19(23)14-9-5-3-6-10-14)18(21(25-2)26-13)28-20(24)15-11-7-4-8-12-15/h3-13,16-18,21H,1-2H3/t13-,16-,17+,18-,21+/m1/s1. The van der Waals surface area contributed by atoms with Gasteiger partial charge in [0.1, 0.15) is 0 Å². The summed E-state index contributed by atoms with van der Waals surface area (Å²) >= 11 is 2.15. The van der Waals surface area contributed by atoms with Gasteiger partial charge in [-0.25, -0.2) is 9.59 Å². The third-order valence-corrected chi connectivity index (χ3v) is 6.16. The Morgan fingerprint density at radius 3 is 1.79 bits per heavy atom. The van der Waals surface area contributed by atoms with Crippen LogP contribution in [0.4, 0.5) is 0 Å². The average Bonchev–Trinajstić information content (AvgIpc) is 2.74. The SMILES string of the molecule is CO[C@H]1O[C@H](C)[C@@H](I)[C@H](OC(=O)c2ccccc2)[C@H]1OC(=O)c1ccccc1. The van der Waals surface area contributed by atoms with E-state index in [0.29, 0.717) is 11.1 Å². The molecule has 1 heterocycles. The number of esters is 2. The molecule has 0 aromatic heterocycles.